The largest absolute Gasteiger partial charge is 0.481 e. The number of nitrogens with zero attached hydrogens (tertiary/aromatic N) is 3. The molecule has 0 aromatic carbocycles. The highest BCUT2D eigenvalue weighted by molar-refractivity contribution is 9.09. The SMILES string of the molecule is C=CCN(CCN1CCOCC1)C(=O)[C@@H]1N([C@@H](CC)CO)C(=O)[C@H]2[C@H](C(=O)O)[C@H]3O[C@@]12CC3Br. The van der Waals surface area contributed by atoms with Crippen molar-refractivity contribution in [3.05, 3.63) is 12.7 Å². The first-order valence-electron chi connectivity index (χ1n) is 12.0. The summed E-state index contributed by atoms with van der Waals surface area (Å²) in [4.78, 5) is 45.0. The fraction of sp³-hybridized carbons (Fsp3) is 0.783. The molecule has 4 heterocycles. The van der Waals surface area contributed by atoms with Gasteiger partial charge in [-0.1, -0.05) is 28.9 Å². The third-order valence-corrected chi connectivity index (χ3v) is 8.62. The summed E-state index contributed by atoms with van der Waals surface area (Å²) in [6.07, 6.45) is 1.76. The van der Waals surface area contributed by atoms with E-state index < -0.39 is 47.5 Å². The van der Waals surface area contributed by atoms with Gasteiger partial charge in [-0.05, 0) is 12.8 Å². The van der Waals surface area contributed by atoms with Crippen LogP contribution < -0.4 is 0 Å². The molecule has 0 aromatic heterocycles. The van der Waals surface area contributed by atoms with Crippen molar-refractivity contribution in [2.24, 2.45) is 11.8 Å². The fourth-order valence-corrected chi connectivity index (χ4v) is 7.09. The zero-order chi connectivity index (χ0) is 24.6. The number of carbonyl (C=O) groups is 3. The van der Waals surface area contributed by atoms with Crippen molar-refractivity contribution in [3.8, 4) is 0 Å². The van der Waals surface area contributed by atoms with E-state index in [0.29, 0.717) is 45.7 Å². The van der Waals surface area contributed by atoms with Gasteiger partial charge in [-0.25, -0.2) is 0 Å². The Hall–Kier alpha value is -1.53. The number of aliphatic hydroxyl groups is 1. The zero-order valence-electron chi connectivity index (χ0n) is 19.5. The molecule has 10 nitrogen and oxygen atoms in total. The minimum Gasteiger partial charge on any atom is -0.481 e. The van der Waals surface area contributed by atoms with Crippen molar-refractivity contribution < 1.29 is 34.1 Å². The molecule has 34 heavy (non-hydrogen) atoms. The van der Waals surface area contributed by atoms with Crippen molar-refractivity contribution in [2.45, 2.75) is 48.4 Å². The molecule has 7 atom stereocenters. The predicted octanol–water partition coefficient (Wildman–Crippen LogP) is -0.0633. The van der Waals surface area contributed by atoms with Crippen LogP contribution in [0.3, 0.4) is 0 Å². The summed E-state index contributed by atoms with van der Waals surface area (Å²) < 4.78 is 11.7. The summed E-state index contributed by atoms with van der Waals surface area (Å²) in [6, 6.07) is -1.60. The van der Waals surface area contributed by atoms with Crippen LogP contribution in [0.25, 0.3) is 0 Å². The van der Waals surface area contributed by atoms with E-state index >= 15 is 0 Å². The maximum absolute atomic E-state index is 14.1. The summed E-state index contributed by atoms with van der Waals surface area (Å²) >= 11 is 3.55. The smallest absolute Gasteiger partial charge is 0.310 e. The van der Waals surface area contributed by atoms with E-state index in [9.17, 15) is 24.6 Å². The Morgan fingerprint density at radius 1 is 1.38 bits per heavy atom. The van der Waals surface area contributed by atoms with E-state index in [1.54, 1.807) is 11.0 Å². The van der Waals surface area contributed by atoms with Gasteiger partial charge in [-0.2, -0.15) is 0 Å². The third-order valence-electron chi connectivity index (χ3n) is 7.77. The molecule has 2 N–H and O–H groups in total. The van der Waals surface area contributed by atoms with E-state index in [1.165, 1.54) is 4.90 Å². The molecule has 2 amide bonds. The number of carbonyl (C=O) groups excluding carboxylic acids is 2. The summed E-state index contributed by atoms with van der Waals surface area (Å²) in [6.45, 7) is 9.57. The second-order valence-electron chi connectivity index (χ2n) is 9.52. The summed E-state index contributed by atoms with van der Waals surface area (Å²) in [5.74, 6) is -3.80. The van der Waals surface area contributed by atoms with Gasteiger partial charge in [0.15, 0.2) is 0 Å². The van der Waals surface area contributed by atoms with Crippen molar-refractivity contribution in [1.29, 1.82) is 0 Å². The first-order chi connectivity index (χ1) is 16.3. The van der Waals surface area contributed by atoms with E-state index in [1.807, 2.05) is 6.92 Å². The van der Waals surface area contributed by atoms with Gasteiger partial charge in [-0.15, -0.1) is 6.58 Å². The van der Waals surface area contributed by atoms with Gasteiger partial charge in [0.05, 0.1) is 43.8 Å². The number of ether oxygens (including phenoxy) is 2. The average molecular weight is 544 g/mol. The quantitative estimate of drug-likeness (QED) is 0.290. The Labute approximate surface area is 208 Å². The number of halogens is 1. The molecule has 0 saturated carbocycles. The van der Waals surface area contributed by atoms with Crippen LogP contribution in [-0.4, -0.2) is 124 Å². The molecule has 0 radical (unpaired) electrons. The number of morpholine rings is 1. The van der Waals surface area contributed by atoms with E-state index in [2.05, 4.69) is 27.4 Å². The molecule has 4 fully saturated rings. The lowest BCUT2D eigenvalue weighted by Gasteiger charge is -2.39. The maximum atomic E-state index is 14.1. The topological polar surface area (TPSA) is 120 Å². The number of alkyl halides is 1. The summed E-state index contributed by atoms with van der Waals surface area (Å²) in [7, 11) is 0. The Balaban J connectivity index is 1.68. The highest BCUT2D eigenvalue weighted by Gasteiger charge is 2.77. The lowest BCUT2D eigenvalue weighted by molar-refractivity contribution is -0.153. The number of fused-ring (bicyclic) bond motifs is 1. The van der Waals surface area contributed by atoms with Crippen LogP contribution >= 0.6 is 15.9 Å². The van der Waals surface area contributed by atoms with Gasteiger partial charge in [0, 0.05) is 37.6 Å². The highest BCUT2D eigenvalue weighted by atomic mass is 79.9. The molecule has 0 aromatic rings. The van der Waals surface area contributed by atoms with Crippen molar-refractivity contribution >= 4 is 33.7 Å². The van der Waals surface area contributed by atoms with E-state index in [4.69, 9.17) is 9.47 Å². The van der Waals surface area contributed by atoms with Crippen molar-refractivity contribution in [3.63, 3.8) is 0 Å². The number of likely N-dealkylation sites (tertiary alicyclic amines) is 1. The normalized spacial score (nSPS) is 35.9. The number of aliphatic carboxylic acids is 1. The van der Waals surface area contributed by atoms with Crippen LogP contribution in [0.1, 0.15) is 19.8 Å². The minimum absolute atomic E-state index is 0.275. The molecule has 1 unspecified atom stereocenters. The Kier molecular flexibility index (Phi) is 7.68. The van der Waals surface area contributed by atoms with E-state index in [-0.39, 0.29) is 17.3 Å². The fourth-order valence-electron chi connectivity index (χ4n) is 6.14. The van der Waals surface area contributed by atoms with Gasteiger partial charge < -0.3 is 29.5 Å². The number of carboxylic acids is 1. The minimum atomic E-state index is -1.24. The molecule has 11 heteroatoms. The molecule has 0 aliphatic carbocycles. The average Bonchev–Trinajstić information content (AvgIpc) is 3.42. The molecule has 4 saturated heterocycles. The van der Waals surface area contributed by atoms with Gasteiger partial charge >= 0.3 is 5.97 Å². The van der Waals surface area contributed by atoms with Crippen LogP contribution in [0.15, 0.2) is 12.7 Å². The highest BCUT2D eigenvalue weighted by Crippen LogP contribution is 2.60. The molecule has 4 aliphatic rings. The zero-order valence-corrected chi connectivity index (χ0v) is 21.1. The molecule has 190 valence electrons. The van der Waals surface area contributed by atoms with Crippen LogP contribution in [0.5, 0.6) is 0 Å². The van der Waals surface area contributed by atoms with Crippen LogP contribution in [0.4, 0.5) is 0 Å². The van der Waals surface area contributed by atoms with Crippen LogP contribution in [-0.2, 0) is 23.9 Å². The van der Waals surface area contributed by atoms with Crippen LogP contribution in [0.2, 0.25) is 0 Å². The number of aliphatic hydroxyl groups excluding tert-OH is 1. The predicted molar refractivity (Wildman–Crippen MR) is 125 cm³/mol. The number of hydrogen-bond acceptors (Lipinski definition) is 7. The molecule has 4 aliphatic heterocycles. The van der Waals surface area contributed by atoms with Gasteiger partial charge in [0.1, 0.15) is 11.6 Å². The van der Waals surface area contributed by atoms with Gasteiger partial charge in [-0.3, -0.25) is 19.3 Å². The Morgan fingerprint density at radius 3 is 2.68 bits per heavy atom. The number of amides is 2. The van der Waals surface area contributed by atoms with Gasteiger partial charge in [0.25, 0.3) is 0 Å². The third kappa shape index (κ3) is 4.09. The molecule has 1 spiro atoms. The Bertz CT molecular complexity index is 818. The summed E-state index contributed by atoms with van der Waals surface area (Å²) in [5.41, 5.74) is -1.24. The second-order valence-corrected chi connectivity index (χ2v) is 10.7. The van der Waals surface area contributed by atoms with Gasteiger partial charge in [0.2, 0.25) is 11.8 Å². The first-order valence-corrected chi connectivity index (χ1v) is 12.9. The van der Waals surface area contributed by atoms with Crippen molar-refractivity contribution in [2.75, 3.05) is 52.5 Å². The molecule has 2 bridgehead atoms. The number of rotatable bonds is 10. The molecule has 4 rings (SSSR count). The first kappa shape index (κ1) is 25.6. The standard InChI is InChI=1S/C23H34BrN3O7/c1-3-5-26(7-6-25-8-10-33-11-9-25)21(30)19-23-12-15(24)18(34-23)16(22(31)32)17(23)20(29)27(19)14(4-2)13-28/h3,14-19,28H,1,4-13H2,2H3,(H,31,32)/t14-,15?,16-,17+,18-,19-,23+/m0/s1. The number of hydrogen-bond donors (Lipinski definition) is 2. The molecular formula is C23H34BrN3O7. The van der Waals surface area contributed by atoms with E-state index in [0.717, 1.165) is 13.1 Å². The Morgan fingerprint density at radius 2 is 2.09 bits per heavy atom. The second kappa shape index (κ2) is 10.2. The number of carboxylic acid groups (broad SMARTS) is 1. The lowest BCUT2D eigenvalue weighted by atomic mass is 9.70. The monoisotopic (exact) mass is 543 g/mol. The van der Waals surface area contributed by atoms with Crippen molar-refractivity contribution in [1.82, 2.24) is 14.7 Å². The maximum Gasteiger partial charge on any atom is 0.310 e. The molecular weight excluding hydrogens is 510 g/mol. The summed E-state index contributed by atoms with van der Waals surface area (Å²) in [5, 5.41) is 20.0. The van der Waals surface area contributed by atoms with Crippen LogP contribution in [0, 0.1) is 11.8 Å². The lowest BCUT2D eigenvalue weighted by Crippen LogP contribution is -2.59.